The molecule has 1 aromatic carbocycles. The first-order valence-electron chi connectivity index (χ1n) is 7.10. The SMILES string of the molecule is Cc1cccc(NC(=O)c2nnn(Cc3nsnc3C)c2C)c1. The largest absolute Gasteiger partial charge is 0.321 e. The van der Waals surface area contributed by atoms with E-state index >= 15 is 0 Å². The van der Waals surface area contributed by atoms with Gasteiger partial charge in [-0.2, -0.15) is 8.75 Å². The summed E-state index contributed by atoms with van der Waals surface area (Å²) in [6, 6.07) is 7.62. The predicted octanol–water partition coefficient (Wildman–Crippen LogP) is 2.36. The van der Waals surface area contributed by atoms with Crippen molar-refractivity contribution < 1.29 is 4.79 Å². The molecular weight excluding hydrogens is 312 g/mol. The molecule has 0 saturated carbocycles. The van der Waals surface area contributed by atoms with Crippen molar-refractivity contribution >= 4 is 23.3 Å². The molecule has 1 amide bonds. The Morgan fingerprint density at radius 1 is 1.26 bits per heavy atom. The molecule has 0 aliphatic heterocycles. The topological polar surface area (TPSA) is 85.6 Å². The zero-order valence-electron chi connectivity index (χ0n) is 13.1. The summed E-state index contributed by atoms with van der Waals surface area (Å²) in [5, 5.41) is 10.9. The number of carbonyl (C=O) groups is 1. The molecule has 0 saturated heterocycles. The monoisotopic (exact) mass is 328 g/mol. The molecule has 8 heteroatoms. The van der Waals surface area contributed by atoms with E-state index in [9.17, 15) is 4.79 Å². The minimum atomic E-state index is -0.271. The molecule has 2 aromatic heterocycles. The summed E-state index contributed by atoms with van der Waals surface area (Å²) in [5.41, 5.74) is 4.54. The van der Waals surface area contributed by atoms with Crippen molar-refractivity contribution in [3.8, 4) is 0 Å². The third kappa shape index (κ3) is 3.26. The van der Waals surface area contributed by atoms with E-state index in [1.165, 1.54) is 11.7 Å². The highest BCUT2D eigenvalue weighted by atomic mass is 32.1. The van der Waals surface area contributed by atoms with Crippen LogP contribution >= 0.6 is 11.7 Å². The first-order chi connectivity index (χ1) is 11.0. The minimum absolute atomic E-state index is 0.271. The van der Waals surface area contributed by atoms with Crippen LogP contribution in [0, 0.1) is 20.8 Å². The smallest absolute Gasteiger partial charge is 0.278 e. The number of aryl methyl sites for hydroxylation is 2. The maximum atomic E-state index is 12.4. The molecule has 0 aliphatic rings. The van der Waals surface area contributed by atoms with Crippen LogP contribution in [0.3, 0.4) is 0 Å². The van der Waals surface area contributed by atoms with Crippen molar-refractivity contribution in [2.24, 2.45) is 0 Å². The van der Waals surface area contributed by atoms with Crippen LogP contribution in [0.4, 0.5) is 5.69 Å². The summed E-state index contributed by atoms with van der Waals surface area (Å²) in [6.07, 6.45) is 0. The Hall–Kier alpha value is -2.61. The van der Waals surface area contributed by atoms with Gasteiger partial charge in [-0.15, -0.1) is 5.10 Å². The standard InChI is InChI=1S/C15H16N6OS/c1-9-5-4-6-12(7-9)16-15(22)14-11(3)21(20-17-14)8-13-10(2)18-23-19-13/h4-7H,8H2,1-3H3,(H,16,22). The number of amides is 1. The van der Waals surface area contributed by atoms with Gasteiger partial charge >= 0.3 is 0 Å². The molecule has 0 radical (unpaired) electrons. The Morgan fingerprint density at radius 3 is 2.78 bits per heavy atom. The highest BCUT2D eigenvalue weighted by Crippen LogP contribution is 2.14. The number of nitrogens with one attached hydrogen (secondary N) is 1. The number of rotatable bonds is 4. The second kappa shape index (κ2) is 6.25. The van der Waals surface area contributed by atoms with E-state index in [0.717, 1.165) is 22.6 Å². The maximum absolute atomic E-state index is 12.4. The second-order valence-corrected chi connectivity index (χ2v) is 5.83. The van der Waals surface area contributed by atoms with Crippen LogP contribution in [-0.2, 0) is 6.54 Å². The highest BCUT2D eigenvalue weighted by molar-refractivity contribution is 6.99. The minimum Gasteiger partial charge on any atom is -0.321 e. The number of benzene rings is 1. The van der Waals surface area contributed by atoms with Gasteiger partial charge in [0.25, 0.3) is 5.91 Å². The van der Waals surface area contributed by atoms with Gasteiger partial charge < -0.3 is 5.32 Å². The van der Waals surface area contributed by atoms with Gasteiger partial charge in [-0.25, -0.2) is 4.68 Å². The molecule has 3 rings (SSSR count). The molecule has 0 fully saturated rings. The van der Waals surface area contributed by atoms with Crippen LogP contribution < -0.4 is 5.32 Å². The normalized spacial score (nSPS) is 10.7. The fourth-order valence-corrected chi connectivity index (χ4v) is 2.73. The molecular formula is C15H16N6OS. The highest BCUT2D eigenvalue weighted by Gasteiger charge is 2.18. The van der Waals surface area contributed by atoms with E-state index in [0.29, 0.717) is 17.9 Å². The Morgan fingerprint density at radius 2 is 2.09 bits per heavy atom. The van der Waals surface area contributed by atoms with Crippen molar-refractivity contribution in [1.82, 2.24) is 23.7 Å². The third-order valence-electron chi connectivity index (χ3n) is 3.52. The van der Waals surface area contributed by atoms with Gasteiger partial charge in [0.2, 0.25) is 0 Å². The molecule has 0 atom stereocenters. The lowest BCUT2D eigenvalue weighted by Gasteiger charge is -2.05. The van der Waals surface area contributed by atoms with Crippen molar-refractivity contribution in [2.75, 3.05) is 5.32 Å². The Bertz CT molecular complexity index is 853. The van der Waals surface area contributed by atoms with E-state index in [-0.39, 0.29) is 5.91 Å². The quantitative estimate of drug-likeness (QED) is 0.794. The Labute approximate surface area is 137 Å². The molecule has 23 heavy (non-hydrogen) atoms. The molecule has 0 aliphatic carbocycles. The van der Waals surface area contributed by atoms with E-state index in [1.54, 1.807) is 4.68 Å². The summed E-state index contributed by atoms with van der Waals surface area (Å²) < 4.78 is 10.0. The summed E-state index contributed by atoms with van der Waals surface area (Å²) in [7, 11) is 0. The Balaban J connectivity index is 1.78. The van der Waals surface area contributed by atoms with Gasteiger partial charge in [-0.3, -0.25) is 4.79 Å². The number of hydrogen-bond donors (Lipinski definition) is 1. The summed E-state index contributed by atoms with van der Waals surface area (Å²) in [6.45, 7) is 6.15. The predicted molar refractivity (Wildman–Crippen MR) is 87.6 cm³/mol. The number of anilines is 1. The third-order valence-corrected chi connectivity index (χ3v) is 4.18. The molecule has 3 aromatic rings. The Kier molecular flexibility index (Phi) is 4.16. The van der Waals surface area contributed by atoms with Crippen molar-refractivity contribution in [1.29, 1.82) is 0 Å². The molecule has 0 spiro atoms. The fraction of sp³-hybridized carbons (Fsp3) is 0.267. The van der Waals surface area contributed by atoms with E-state index < -0.39 is 0 Å². The molecule has 0 unspecified atom stereocenters. The van der Waals surface area contributed by atoms with Crippen molar-refractivity contribution in [2.45, 2.75) is 27.3 Å². The van der Waals surface area contributed by atoms with Gasteiger partial charge in [-0.05, 0) is 38.5 Å². The fourth-order valence-electron chi connectivity index (χ4n) is 2.17. The number of nitrogens with zero attached hydrogens (tertiary/aromatic N) is 5. The second-order valence-electron chi connectivity index (χ2n) is 5.30. The van der Waals surface area contributed by atoms with E-state index in [4.69, 9.17) is 0 Å². The number of hydrogen-bond acceptors (Lipinski definition) is 6. The van der Waals surface area contributed by atoms with Crippen LogP contribution in [0.5, 0.6) is 0 Å². The first-order valence-corrected chi connectivity index (χ1v) is 7.84. The van der Waals surface area contributed by atoms with E-state index in [1.807, 2.05) is 45.0 Å². The lowest BCUT2D eigenvalue weighted by molar-refractivity contribution is 0.102. The van der Waals surface area contributed by atoms with Crippen molar-refractivity contribution in [3.05, 3.63) is 52.6 Å². The number of carbonyl (C=O) groups excluding carboxylic acids is 1. The summed E-state index contributed by atoms with van der Waals surface area (Å²) >= 11 is 1.17. The summed E-state index contributed by atoms with van der Waals surface area (Å²) in [4.78, 5) is 12.4. The molecule has 0 bridgehead atoms. The molecule has 2 heterocycles. The van der Waals surface area contributed by atoms with Gasteiger partial charge in [0.1, 0.15) is 0 Å². The zero-order valence-corrected chi connectivity index (χ0v) is 13.9. The van der Waals surface area contributed by atoms with Crippen LogP contribution in [-0.4, -0.2) is 29.6 Å². The lowest BCUT2D eigenvalue weighted by Crippen LogP contribution is -2.14. The van der Waals surface area contributed by atoms with Gasteiger partial charge in [-0.1, -0.05) is 17.3 Å². The van der Waals surface area contributed by atoms with Crippen LogP contribution in [0.25, 0.3) is 0 Å². The zero-order chi connectivity index (χ0) is 16.4. The molecule has 1 N–H and O–H groups in total. The van der Waals surface area contributed by atoms with Crippen LogP contribution in [0.1, 0.15) is 33.1 Å². The number of aromatic nitrogens is 5. The summed E-state index contributed by atoms with van der Waals surface area (Å²) in [5.74, 6) is -0.271. The van der Waals surface area contributed by atoms with Crippen LogP contribution in [0.15, 0.2) is 24.3 Å². The molecule has 7 nitrogen and oxygen atoms in total. The van der Waals surface area contributed by atoms with Crippen molar-refractivity contribution in [3.63, 3.8) is 0 Å². The maximum Gasteiger partial charge on any atom is 0.278 e. The van der Waals surface area contributed by atoms with Crippen LogP contribution in [0.2, 0.25) is 0 Å². The molecule has 118 valence electrons. The van der Waals surface area contributed by atoms with Gasteiger partial charge in [0, 0.05) is 5.69 Å². The van der Waals surface area contributed by atoms with Gasteiger partial charge in [0.05, 0.1) is 35.4 Å². The lowest BCUT2D eigenvalue weighted by atomic mass is 10.2. The average molecular weight is 328 g/mol. The average Bonchev–Trinajstić information content (AvgIpc) is 3.07. The first kappa shape index (κ1) is 15.3. The van der Waals surface area contributed by atoms with Gasteiger partial charge in [0.15, 0.2) is 5.69 Å². The van der Waals surface area contributed by atoms with E-state index in [2.05, 4.69) is 24.4 Å².